The predicted molar refractivity (Wildman–Crippen MR) is 94.4 cm³/mol. The lowest BCUT2D eigenvalue weighted by atomic mass is 10.0. The third kappa shape index (κ3) is 3.66. The van der Waals surface area contributed by atoms with Crippen LogP contribution in [0.2, 0.25) is 0 Å². The number of aliphatic hydroxyl groups excluding tert-OH is 1. The van der Waals surface area contributed by atoms with E-state index >= 15 is 0 Å². The number of aliphatic hydroxyl groups is 1. The Kier molecular flexibility index (Phi) is 4.97. The molecule has 2 amide bonds. The highest BCUT2D eigenvalue weighted by Crippen LogP contribution is 2.22. The minimum Gasteiger partial charge on any atom is -0.393 e. The first-order valence-electron chi connectivity index (χ1n) is 7.97. The normalized spacial score (nSPS) is 18.4. The molecule has 1 aliphatic heterocycles. The van der Waals surface area contributed by atoms with Crippen molar-refractivity contribution in [2.75, 3.05) is 18.4 Å². The molecule has 2 aromatic rings. The van der Waals surface area contributed by atoms with Gasteiger partial charge in [-0.25, -0.2) is 0 Å². The molecule has 1 fully saturated rings. The summed E-state index contributed by atoms with van der Waals surface area (Å²) in [6, 6.07) is 10.5. The van der Waals surface area contributed by atoms with Crippen LogP contribution in [0.1, 0.15) is 33.4 Å². The van der Waals surface area contributed by atoms with E-state index in [0.717, 1.165) is 6.42 Å². The lowest BCUT2D eigenvalue weighted by molar-refractivity contribution is 0.0762. The Morgan fingerprint density at radius 1 is 1.29 bits per heavy atom. The molecule has 6 heteroatoms. The number of hydrogen-bond donors (Lipinski definition) is 2. The number of carbonyl (C=O) groups excluding carboxylic acids is 2. The smallest absolute Gasteiger partial charge is 0.265 e. The molecule has 0 radical (unpaired) electrons. The monoisotopic (exact) mass is 344 g/mol. The van der Waals surface area contributed by atoms with Crippen LogP contribution in [-0.4, -0.2) is 41.0 Å². The van der Waals surface area contributed by atoms with Gasteiger partial charge in [0.1, 0.15) is 0 Å². The minimum absolute atomic E-state index is 0.0331. The standard InChI is InChI=1S/C18H20N2O3S/c1-12(21)14-8-9-20(11-14)18(23)13-4-6-15(7-5-13)19-17(22)16-3-2-10-24-16/h2-7,10,12,14,21H,8-9,11H2,1H3,(H,19,22). The molecule has 2 unspecified atom stereocenters. The van der Waals surface area contributed by atoms with E-state index in [4.69, 9.17) is 0 Å². The summed E-state index contributed by atoms with van der Waals surface area (Å²) in [5.74, 6) is -0.0315. The van der Waals surface area contributed by atoms with Crippen molar-refractivity contribution in [3.63, 3.8) is 0 Å². The maximum atomic E-state index is 12.5. The summed E-state index contributed by atoms with van der Waals surface area (Å²) in [7, 11) is 0. The van der Waals surface area contributed by atoms with Gasteiger partial charge >= 0.3 is 0 Å². The number of rotatable bonds is 4. The Bertz CT molecular complexity index is 710. The molecule has 1 saturated heterocycles. The molecular formula is C18H20N2O3S. The van der Waals surface area contributed by atoms with Gasteiger partial charge in [-0.2, -0.15) is 0 Å². The predicted octanol–water partition coefficient (Wildman–Crippen LogP) is 2.84. The lowest BCUT2D eigenvalue weighted by Crippen LogP contribution is -2.30. The minimum atomic E-state index is -0.391. The van der Waals surface area contributed by atoms with Crippen molar-refractivity contribution in [2.24, 2.45) is 5.92 Å². The number of likely N-dealkylation sites (tertiary alicyclic amines) is 1. The Morgan fingerprint density at radius 3 is 2.62 bits per heavy atom. The van der Waals surface area contributed by atoms with Crippen molar-refractivity contribution in [3.8, 4) is 0 Å². The van der Waals surface area contributed by atoms with Crippen LogP contribution in [0.4, 0.5) is 5.69 Å². The van der Waals surface area contributed by atoms with Gasteiger partial charge in [-0.1, -0.05) is 6.07 Å². The van der Waals surface area contributed by atoms with Crippen molar-refractivity contribution in [2.45, 2.75) is 19.4 Å². The maximum absolute atomic E-state index is 12.5. The van der Waals surface area contributed by atoms with Gasteiger partial charge in [-0.15, -0.1) is 11.3 Å². The van der Waals surface area contributed by atoms with E-state index in [2.05, 4.69) is 5.32 Å². The summed E-state index contributed by atoms with van der Waals surface area (Å²) in [6.07, 6.45) is 0.441. The van der Waals surface area contributed by atoms with Crippen LogP contribution in [0.25, 0.3) is 0 Å². The number of nitrogens with one attached hydrogen (secondary N) is 1. The van der Waals surface area contributed by atoms with Crippen LogP contribution in [0.3, 0.4) is 0 Å². The second-order valence-electron chi connectivity index (χ2n) is 6.05. The van der Waals surface area contributed by atoms with E-state index < -0.39 is 6.10 Å². The average Bonchev–Trinajstić information content (AvgIpc) is 3.26. The number of carbonyl (C=O) groups is 2. The molecule has 1 aromatic heterocycles. The third-order valence-electron chi connectivity index (χ3n) is 4.33. The average molecular weight is 344 g/mol. The highest BCUT2D eigenvalue weighted by molar-refractivity contribution is 7.12. The third-order valence-corrected chi connectivity index (χ3v) is 5.20. The van der Waals surface area contributed by atoms with Crippen molar-refractivity contribution in [3.05, 3.63) is 52.2 Å². The van der Waals surface area contributed by atoms with Gasteiger partial charge < -0.3 is 15.3 Å². The Morgan fingerprint density at radius 2 is 2.04 bits per heavy atom. The van der Waals surface area contributed by atoms with Gasteiger partial charge in [0.2, 0.25) is 0 Å². The summed E-state index contributed by atoms with van der Waals surface area (Å²) in [5.41, 5.74) is 1.25. The number of hydrogen-bond acceptors (Lipinski definition) is 4. The van der Waals surface area contributed by atoms with Crippen LogP contribution in [-0.2, 0) is 0 Å². The molecule has 0 bridgehead atoms. The van der Waals surface area contributed by atoms with Gasteiger partial charge in [-0.3, -0.25) is 9.59 Å². The van der Waals surface area contributed by atoms with Crippen LogP contribution in [0.15, 0.2) is 41.8 Å². The number of amides is 2. The summed E-state index contributed by atoms with van der Waals surface area (Å²) in [6.45, 7) is 3.03. The molecule has 2 atom stereocenters. The second-order valence-corrected chi connectivity index (χ2v) is 7.00. The zero-order valence-electron chi connectivity index (χ0n) is 13.4. The first kappa shape index (κ1) is 16.7. The number of thiophene rings is 1. The van der Waals surface area contributed by atoms with E-state index in [1.54, 1.807) is 42.2 Å². The SMILES string of the molecule is CC(O)C1CCN(C(=O)c2ccc(NC(=O)c3cccs3)cc2)C1. The molecule has 0 saturated carbocycles. The molecule has 1 aromatic carbocycles. The molecule has 5 nitrogen and oxygen atoms in total. The maximum Gasteiger partial charge on any atom is 0.265 e. The van der Waals surface area contributed by atoms with E-state index in [-0.39, 0.29) is 17.7 Å². The zero-order valence-corrected chi connectivity index (χ0v) is 14.3. The molecule has 0 aliphatic carbocycles. The summed E-state index contributed by atoms with van der Waals surface area (Å²) in [5, 5.41) is 14.3. The molecule has 1 aliphatic rings. The van der Waals surface area contributed by atoms with E-state index in [1.165, 1.54) is 11.3 Å². The largest absolute Gasteiger partial charge is 0.393 e. The fourth-order valence-electron chi connectivity index (χ4n) is 2.84. The topological polar surface area (TPSA) is 69.6 Å². The van der Waals surface area contributed by atoms with Gasteiger partial charge in [0.25, 0.3) is 11.8 Å². The van der Waals surface area contributed by atoms with E-state index in [9.17, 15) is 14.7 Å². The number of anilines is 1. The van der Waals surface area contributed by atoms with Gasteiger partial charge in [0.15, 0.2) is 0 Å². The van der Waals surface area contributed by atoms with Crippen molar-refractivity contribution >= 4 is 28.8 Å². The van der Waals surface area contributed by atoms with Crippen molar-refractivity contribution in [1.29, 1.82) is 0 Å². The fourth-order valence-corrected chi connectivity index (χ4v) is 3.46. The Balaban J connectivity index is 1.62. The van der Waals surface area contributed by atoms with Crippen molar-refractivity contribution < 1.29 is 14.7 Å². The molecule has 0 spiro atoms. The molecule has 2 N–H and O–H groups in total. The van der Waals surface area contributed by atoms with Gasteiger partial charge in [-0.05, 0) is 49.1 Å². The first-order chi connectivity index (χ1) is 11.5. The van der Waals surface area contributed by atoms with Crippen molar-refractivity contribution in [1.82, 2.24) is 4.90 Å². The molecule has 2 heterocycles. The number of nitrogens with zero attached hydrogens (tertiary/aromatic N) is 1. The molecule has 24 heavy (non-hydrogen) atoms. The highest BCUT2D eigenvalue weighted by atomic mass is 32.1. The quantitative estimate of drug-likeness (QED) is 0.896. The highest BCUT2D eigenvalue weighted by Gasteiger charge is 2.29. The summed E-state index contributed by atoms with van der Waals surface area (Å²) >= 11 is 1.38. The summed E-state index contributed by atoms with van der Waals surface area (Å²) < 4.78 is 0. The first-order valence-corrected chi connectivity index (χ1v) is 8.85. The lowest BCUT2D eigenvalue weighted by Gasteiger charge is -2.18. The second kappa shape index (κ2) is 7.15. The van der Waals surface area contributed by atoms with Crippen LogP contribution in [0, 0.1) is 5.92 Å². The Hall–Kier alpha value is -2.18. The molecule has 3 rings (SSSR count). The molecular weight excluding hydrogens is 324 g/mol. The van der Waals surface area contributed by atoms with Crippen LogP contribution >= 0.6 is 11.3 Å². The Labute approximate surface area is 144 Å². The molecule has 126 valence electrons. The fraction of sp³-hybridized carbons (Fsp3) is 0.333. The van der Waals surface area contributed by atoms with Gasteiger partial charge in [0, 0.05) is 30.3 Å². The van der Waals surface area contributed by atoms with Crippen LogP contribution < -0.4 is 5.32 Å². The number of benzene rings is 1. The van der Waals surface area contributed by atoms with E-state index in [0.29, 0.717) is 29.2 Å². The zero-order chi connectivity index (χ0) is 17.1. The van der Waals surface area contributed by atoms with Crippen LogP contribution in [0.5, 0.6) is 0 Å². The summed E-state index contributed by atoms with van der Waals surface area (Å²) in [4.78, 5) is 26.9. The van der Waals surface area contributed by atoms with Gasteiger partial charge in [0.05, 0.1) is 11.0 Å². The van der Waals surface area contributed by atoms with E-state index in [1.807, 2.05) is 11.4 Å².